The van der Waals surface area contributed by atoms with E-state index in [4.69, 9.17) is 11.5 Å². The largest absolute Gasteiger partial charge is 0.418 e. The van der Waals surface area contributed by atoms with Gasteiger partial charge in [0.1, 0.15) is 0 Å². The van der Waals surface area contributed by atoms with Crippen LogP contribution in [-0.2, 0) is 11.6 Å². The van der Waals surface area contributed by atoms with Gasteiger partial charge in [-0.05, 0) is 23.1 Å². The molecule has 0 aromatic heterocycles. The average Bonchev–Trinajstić information content (AvgIpc) is 1.97. The Labute approximate surface area is 92.4 Å². The molecule has 0 fully saturated rings. The minimum Gasteiger partial charge on any atom is -0.398 e. The molecular formula is C11H15F3N2. The van der Waals surface area contributed by atoms with Gasteiger partial charge in [-0.15, -0.1) is 0 Å². The molecule has 90 valence electrons. The highest BCUT2D eigenvalue weighted by atomic mass is 19.4. The molecule has 1 aromatic rings. The van der Waals surface area contributed by atoms with Gasteiger partial charge >= 0.3 is 6.18 Å². The van der Waals surface area contributed by atoms with Gasteiger partial charge in [0.05, 0.1) is 5.56 Å². The first-order chi connectivity index (χ1) is 7.03. The Morgan fingerprint density at radius 3 is 1.69 bits per heavy atom. The summed E-state index contributed by atoms with van der Waals surface area (Å²) in [6, 6.07) is 2.20. The number of alkyl halides is 3. The first-order valence-electron chi connectivity index (χ1n) is 4.80. The van der Waals surface area contributed by atoms with Crippen molar-refractivity contribution >= 4 is 11.4 Å². The monoisotopic (exact) mass is 232 g/mol. The SMILES string of the molecule is CC(C)(C)c1cc(C(F)(F)F)c(N)cc1N. The summed E-state index contributed by atoms with van der Waals surface area (Å²) in [5.41, 5.74) is 10.1. The summed E-state index contributed by atoms with van der Waals surface area (Å²) in [6.45, 7) is 5.40. The smallest absolute Gasteiger partial charge is 0.398 e. The standard InChI is InChI=1S/C11H15F3N2/c1-10(2,3)6-4-7(11(12,13)14)9(16)5-8(6)15/h4-5H,15-16H2,1-3H3. The first-order valence-corrected chi connectivity index (χ1v) is 4.80. The lowest BCUT2D eigenvalue weighted by Crippen LogP contribution is -2.18. The lowest BCUT2D eigenvalue weighted by molar-refractivity contribution is -0.136. The Hall–Kier alpha value is -1.39. The van der Waals surface area contributed by atoms with Crippen LogP contribution >= 0.6 is 0 Å². The second kappa shape index (κ2) is 3.57. The van der Waals surface area contributed by atoms with Gasteiger partial charge in [-0.1, -0.05) is 20.8 Å². The van der Waals surface area contributed by atoms with E-state index in [1.807, 2.05) is 0 Å². The predicted octanol–water partition coefficient (Wildman–Crippen LogP) is 3.17. The normalized spacial score (nSPS) is 12.9. The van der Waals surface area contributed by atoms with E-state index in [1.165, 1.54) is 6.07 Å². The van der Waals surface area contributed by atoms with E-state index < -0.39 is 17.2 Å². The molecule has 1 rings (SSSR count). The molecule has 0 saturated carbocycles. The summed E-state index contributed by atoms with van der Waals surface area (Å²) in [4.78, 5) is 0. The lowest BCUT2D eigenvalue weighted by atomic mass is 9.84. The maximum absolute atomic E-state index is 12.6. The van der Waals surface area contributed by atoms with Crippen molar-refractivity contribution in [3.8, 4) is 0 Å². The van der Waals surface area contributed by atoms with Gasteiger partial charge < -0.3 is 11.5 Å². The van der Waals surface area contributed by atoms with Crippen LogP contribution in [0, 0.1) is 0 Å². The third kappa shape index (κ3) is 2.40. The highest BCUT2D eigenvalue weighted by Crippen LogP contribution is 2.39. The first kappa shape index (κ1) is 12.7. The summed E-state index contributed by atoms with van der Waals surface area (Å²) >= 11 is 0. The van der Waals surface area contributed by atoms with Crippen LogP contribution in [0.4, 0.5) is 24.5 Å². The van der Waals surface area contributed by atoms with Crippen LogP contribution in [0.3, 0.4) is 0 Å². The molecule has 5 heteroatoms. The third-order valence-electron chi connectivity index (χ3n) is 2.34. The molecule has 0 unspecified atom stereocenters. The van der Waals surface area contributed by atoms with E-state index in [-0.39, 0.29) is 11.4 Å². The number of benzene rings is 1. The van der Waals surface area contributed by atoms with Crippen LogP contribution in [0.15, 0.2) is 12.1 Å². The highest BCUT2D eigenvalue weighted by molar-refractivity contribution is 5.63. The van der Waals surface area contributed by atoms with Gasteiger partial charge in [0.15, 0.2) is 0 Å². The van der Waals surface area contributed by atoms with E-state index in [0.29, 0.717) is 5.56 Å². The average molecular weight is 232 g/mol. The fourth-order valence-electron chi connectivity index (χ4n) is 1.53. The van der Waals surface area contributed by atoms with Crippen LogP contribution in [0.5, 0.6) is 0 Å². The van der Waals surface area contributed by atoms with Gasteiger partial charge in [0.2, 0.25) is 0 Å². The molecule has 0 amide bonds. The Balaban J connectivity index is 3.45. The molecule has 2 nitrogen and oxygen atoms in total. The van der Waals surface area contributed by atoms with Crippen LogP contribution < -0.4 is 11.5 Å². The number of hydrogen-bond donors (Lipinski definition) is 2. The summed E-state index contributed by atoms with van der Waals surface area (Å²) in [6.07, 6.45) is -4.45. The number of nitrogens with two attached hydrogens (primary N) is 2. The molecule has 0 bridgehead atoms. The summed E-state index contributed by atoms with van der Waals surface area (Å²) < 4.78 is 37.9. The quantitative estimate of drug-likeness (QED) is 0.675. The van der Waals surface area contributed by atoms with Crippen LogP contribution in [0.25, 0.3) is 0 Å². The molecule has 0 aliphatic heterocycles. The van der Waals surface area contributed by atoms with Crippen molar-refractivity contribution in [3.63, 3.8) is 0 Å². The molecule has 0 heterocycles. The molecule has 0 atom stereocenters. The van der Waals surface area contributed by atoms with Crippen molar-refractivity contribution in [1.29, 1.82) is 0 Å². The Kier molecular flexibility index (Phi) is 2.83. The van der Waals surface area contributed by atoms with Gasteiger partial charge in [-0.3, -0.25) is 0 Å². The van der Waals surface area contributed by atoms with Crippen molar-refractivity contribution in [2.45, 2.75) is 32.4 Å². The summed E-state index contributed by atoms with van der Waals surface area (Å²) in [5.74, 6) is 0. The van der Waals surface area contributed by atoms with Crippen molar-refractivity contribution in [3.05, 3.63) is 23.3 Å². The lowest BCUT2D eigenvalue weighted by Gasteiger charge is -2.23. The molecule has 1 aromatic carbocycles. The van der Waals surface area contributed by atoms with Crippen molar-refractivity contribution in [2.75, 3.05) is 11.5 Å². The van der Waals surface area contributed by atoms with E-state index in [1.54, 1.807) is 20.8 Å². The van der Waals surface area contributed by atoms with Crippen molar-refractivity contribution in [2.24, 2.45) is 0 Å². The van der Waals surface area contributed by atoms with Crippen LogP contribution in [-0.4, -0.2) is 0 Å². The van der Waals surface area contributed by atoms with Gasteiger partial charge in [0.25, 0.3) is 0 Å². The predicted molar refractivity (Wildman–Crippen MR) is 59.0 cm³/mol. The third-order valence-corrected chi connectivity index (χ3v) is 2.34. The second-order valence-electron chi connectivity index (χ2n) is 4.77. The number of halogens is 3. The van der Waals surface area contributed by atoms with E-state index in [9.17, 15) is 13.2 Å². The fourth-order valence-corrected chi connectivity index (χ4v) is 1.53. The molecule has 16 heavy (non-hydrogen) atoms. The Morgan fingerprint density at radius 2 is 1.31 bits per heavy atom. The molecule has 0 saturated heterocycles. The summed E-state index contributed by atoms with van der Waals surface area (Å²) in [7, 11) is 0. The topological polar surface area (TPSA) is 52.0 Å². The number of rotatable bonds is 0. The summed E-state index contributed by atoms with van der Waals surface area (Å²) in [5, 5.41) is 0. The van der Waals surface area contributed by atoms with Gasteiger partial charge in [-0.25, -0.2) is 0 Å². The molecule has 0 aliphatic carbocycles. The van der Waals surface area contributed by atoms with Crippen LogP contribution in [0.2, 0.25) is 0 Å². The highest BCUT2D eigenvalue weighted by Gasteiger charge is 2.34. The van der Waals surface area contributed by atoms with Gasteiger partial charge in [0, 0.05) is 11.4 Å². The Bertz CT molecular complexity index is 368. The van der Waals surface area contributed by atoms with E-state index >= 15 is 0 Å². The second-order valence-corrected chi connectivity index (χ2v) is 4.77. The van der Waals surface area contributed by atoms with Crippen LogP contribution in [0.1, 0.15) is 31.9 Å². The molecule has 0 radical (unpaired) electrons. The fraction of sp³-hybridized carbons (Fsp3) is 0.455. The molecule has 0 aliphatic rings. The maximum Gasteiger partial charge on any atom is 0.418 e. The van der Waals surface area contributed by atoms with E-state index in [0.717, 1.165) is 6.07 Å². The number of hydrogen-bond acceptors (Lipinski definition) is 2. The number of anilines is 2. The number of nitrogen functional groups attached to an aromatic ring is 2. The van der Waals surface area contributed by atoms with Crippen molar-refractivity contribution in [1.82, 2.24) is 0 Å². The zero-order valence-electron chi connectivity index (χ0n) is 9.44. The van der Waals surface area contributed by atoms with Crippen molar-refractivity contribution < 1.29 is 13.2 Å². The minimum atomic E-state index is -4.45. The Morgan fingerprint density at radius 1 is 0.875 bits per heavy atom. The minimum absolute atomic E-state index is 0.290. The van der Waals surface area contributed by atoms with E-state index in [2.05, 4.69) is 0 Å². The maximum atomic E-state index is 12.6. The molecule has 0 spiro atoms. The molecule has 4 N–H and O–H groups in total. The zero-order valence-corrected chi connectivity index (χ0v) is 9.44. The van der Waals surface area contributed by atoms with Gasteiger partial charge in [-0.2, -0.15) is 13.2 Å². The zero-order chi connectivity index (χ0) is 12.7. The molecular weight excluding hydrogens is 217 g/mol.